The second-order valence-corrected chi connectivity index (χ2v) is 8.19. The topological polar surface area (TPSA) is 83.8 Å². The van der Waals surface area contributed by atoms with Crippen molar-refractivity contribution in [3.63, 3.8) is 0 Å². The van der Waals surface area contributed by atoms with Crippen LogP contribution < -0.4 is 5.32 Å². The van der Waals surface area contributed by atoms with Gasteiger partial charge in [-0.15, -0.1) is 0 Å². The molecule has 3 aromatic heterocycles. The Labute approximate surface area is 184 Å². The monoisotopic (exact) mass is 437 g/mol. The second kappa shape index (κ2) is 8.17. The lowest BCUT2D eigenvalue weighted by atomic mass is 10.1. The third-order valence-electron chi connectivity index (χ3n) is 4.89. The number of pyridine rings is 2. The van der Waals surface area contributed by atoms with Gasteiger partial charge in [-0.1, -0.05) is 29.8 Å². The Kier molecular flexibility index (Phi) is 5.56. The zero-order valence-corrected chi connectivity index (χ0v) is 18.0. The number of hydrogen-bond donors (Lipinski definition) is 2. The molecule has 2 N–H and O–H groups in total. The molecule has 3 heterocycles. The number of hydrogen-bond acceptors (Lipinski definition) is 6. The smallest absolute Gasteiger partial charge is 0.159 e. The molecule has 0 saturated heterocycles. The van der Waals surface area contributed by atoms with E-state index in [0.29, 0.717) is 44.4 Å². The number of fused-ring (bicyclic) bond motifs is 1. The molecule has 4 rings (SSSR count). The molecule has 31 heavy (non-hydrogen) atoms. The quantitative estimate of drug-likeness (QED) is 0.442. The number of benzene rings is 1. The van der Waals surface area contributed by atoms with Crippen LogP contribution in [0, 0.1) is 5.82 Å². The maximum atomic E-state index is 14.2. The van der Waals surface area contributed by atoms with Gasteiger partial charge in [-0.2, -0.15) is 0 Å². The first-order chi connectivity index (χ1) is 14.7. The largest absolute Gasteiger partial charge is 0.382 e. The molecular weight excluding hydrogens is 417 g/mol. The number of nitrogens with one attached hydrogen (secondary N) is 1. The maximum absolute atomic E-state index is 14.2. The van der Waals surface area contributed by atoms with Gasteiger partial charge in [0.25, 0.3) is 0 Å². The van der Waals surface area contributed by atoms with Crippen LogP contribution in [0.5, 0.6) is 0 Å². The van der Waals surface area contributed by atoms with E-state index >= 15 is 0 Å². The first kappa shape index (κ1) is 21.1. The van der Waals surface area contributed by atoms with E-state index in [-0.39, 0.29) is 11.9 Å². The van der Waals surface area contributed by atoms with Gasteiger partial charge in [0.15, 0.2) is 5.82 Å². The number of anilines is 1. The van der Waals surface area contributed by atoms with Gasteiger partial charge in [-0.3, -0.25) is 4.98 Å². The highest BCUT2D eigenvalue weighted by Crippen LogP contribution is 2.33. The predicted molar refractivity (Wildman–Crippen MR) is 119 cm³/mol. The number of aromatic nitrogens is 4. The van der Waals surface area contributed by atoms with Gasteiger partial charge >= 0.3 is 0 Å². The normalized spacial score (nSPS) is 12.7. The Bertz CT molecular complexity index is 1240. The summed E-state index contributed by atoms with van der Waals surface area (Å²) in [4.78, 5) is 17.6. The van der Waals surface area contributed by atoms with E-state index in [0.717, 1.165) is 0 Å². The molecule has 8 heteroatoms. The summed E-state index contributed by atoms with van der Waals surface area (Å²) < 4.78 is 14.2. The van der Waals surface area contributed by atoms with Crippen molar-refractivity contribution in [3.05, 3.63) is 77.2 Å². The van der Waals surface area contributed by atoms with Crippen molar-refractivity contribution in [2.24, 2.45) is 0 Å². The number of halogens is 2. The van der Waals surface area contributed by atoms with Crippen LogP contribution in [-0.4, -0.2) is 25.0 Å². The Balaban J connectivity index is 1.74. The Morgan fingerprint density at radius 2 is 1.74 bits per heavy atom. The summed E-state index contributed by atoms with van der Waals surface area (Å²) in [7, 11) is 0. The highest BCUT2D eigenvalue weighted by molar-refractivity contribution is 6.34. The average molecular weight is 438 g/mol. The molecule has 1 unspecified atom stereocenters. The highest BCUT2D eigenvalue weighted by atomic mass is 35.5. The molecule has 0 fully saturated rings. The van der Waals surface area contributed by atoms with Gasteiger partial charge in [0.2, 0.25) is 0 Å². The molecular formula is C23H21ClFN5O. The van der Waals surface area contributed by atoms with Crippen LogP contribution in [0.4, 0.5) is 10.1 Å². The highest BCUT2D eigenvalue weighted by Gasteiger charge is 2.20. The van der Waals surface area contributed by atoms with Crippen LogP contribution in [0.25, 0.3) is 22.3 Å². The minimum absolute atomic E-state index is 0.297. The molecule has 0 aliphatic rings. The fraction of sp³-hybridized carbons (Fsp3) is 0.217. The van der Waals surface area contributed by atoms with Crippen LogP contribution in [-0.2, 0) is 5.60 Å². The minimum Gasteiger partial charge on any atom is -0.382 e. The molecule has 4 aromatic rings. The van der Waals surface area contributed by atoms with Crippen molar-refractivity contribution in [2.45, 2.75) is 32.4 Å². The van der Waals surface area contributed by atoms with Crippen molar-refractivity contribution in [1.82, 2.24) is 19.9 Å². The van der Waals surface area contributed by atoms with Crippen molar-refractivity contribution in [3.8, 4) is 11.3 Å². The van der Waals surface area contributed by atoms with E-state index in [2.05, 4.69) is 20.3 Å². The average Bonchev–Trinajstić information content (AvgIpc) is 2.75. The summed E-state index contributed by atoms with van der Waals surface area (Å²) in [5.41, 5.74) is 2.47. The van der Waals surface area contributed by atoms with Crippen molar-refractivity contribution in [2.75, 3.05) is 5.32 Å². The molecule has 0 radical (unpaired) electrons. The minimum atomic E-state index is -1.13. The first-order valence-corrected chi connectivity index (χ1v) is 10.1. The number of rotatable bonds is 5. The third kappa shape index (κ3) is 4.33. The summed E-state index contributed by atoms with van der Waals surface area (Å²) in [5.74, 6) is 0.0255. The molecule has 1 aromatic carbocycles. The van der Waals surface area contributed by atoms with Gasteiger partial charge < -0.3 is 10.4 Å². The molecule has 158 valence electrons. The second-order valence-electron chi connectivity index (χ2n) is 7.79. The van der Waals surface area contributed by atoms with Crippen LogP contribution in [0.1, 0.15) is 38.2 Å². The summed E-state index contributed by atoms with van der Waals surface area (Å²) >= 11 is 6.43. The van der Waals surface area contributed by atoms with Crippen LogP contribution in [0.3, 0.4) is 0 Å². The SMILES string of the molecule is CC(Nc1c(Cl)cnc2ccc(-c3cnc(C(C)(C)O)nc3)nc12)c1ccccc1F. The lowest BCUT2D eigenvalue weighted by Gasteiger charge is -2.19. The maximum Gasteiger partial charge on any atom is 0.159 e. The van der Waals surface area contributed by atoms with Gasteiger partial charge in [0.05, 0.1) is 28.0 Å². The van der Waals surface area contributed by atoms with Gasteiger partial charge in [-0.25, -0.2) is 19.3 Å². The van der Waals surface area contributed by atoms with E-state index < -0.39 is 5.60 Å². The van der Waals surface area contributed by atoms with E-state index in [4.69, 9.17) is 16.6 Å². The molecule has 0 spiro atoms. The lowest BCUT2D eigenvalue weighted by molar-refractivity contribution is 0.0687. The Hall–Kier alpha value is -3.16. The fourth-order valence-corrected chi connectivity index (χ4v) is 3.43. The van der Waals surface area contributed by atoms with E-state index in [1.807, 2.05) is 19.1 Å². The molecule has 0 saturated carbocycles. The fourth-order valence-electron chi connectivity index (χ4n) is 3.24. The van der Waals surface area contributed by atoms with Gasteiger partial charge in [0, 0.05) is 29.7 Å². The van der Waals surface area contributed by atoms with Crippen LogP contribution in [0.2, 0.25) is 5.02 Å². The zero-order chi connectivity index (χ0) is 22.2. The number of aliphatic hydroxyl groups is 1. The molecule has 6 nitrogen and oxygen atoms in total. The summed E-state index contributed by atoms with van der Waals surface area (Å²) in [6, 6.07) is 9.89. The van der Waals surface area contributed by atoms with Gasteiger partial charge in [-0.05, 0) is 39.0 Å². The standard InChI is InChI=1S/C23H21ClFN5O/c1-13(15-6-4-5-7-17(15)25)29-20-16(24)12-26-19-9-8-18(30-21(19)20)14-10-27-22(28-11-14)23(2,3)31/h4-13,31H,1-3H3,(H,26,29). The molecule has 0 amide bonds. The van der Waals surface area contributed by atoms with E-state index in [1.165, 1.54) is 6.07 Å². The van der Waals surface area contributed by atoms with Crippen LogP contribution >= 0.6 is 11.6 Å². The summed E-state index contributed by atoms with van der Waals surface area (Å²) in [5, 5.41) is 13.7. The molecule has 1 atom stereocenters. The van der Waals surface area contributed by atoms with E-state index in [9.17, 15) is 9.50 Å². The molecule has 0 aliphatic carbocycles. The third-order valence-corrected chi connectivity index (χ3v) is 5.18. The predicted octanol–water partition coefficient (Wildman–Crippen LogP) is 5.28. The summed E-state index contributed by atoms with van der Waals surface area (Å²) in [6.07, 6.45) is 4.77. The van der Waals surface area contributed by atoms with Crippen molar-refractivity contribution in [1.29, 1.82) is 0 Å². The van der Waals surface area contributed by atoms with Crippen molar-refractivity contribution < 1.29 is 9.50 Å². The van der Waals surface area contributed by atoms with Gasteiger partial charge in [0.1, 0.15) is 16.9 Å². The first-order valence-electron chi connectivity index (χ1n) is 9.75. The summed E-state index contributed by atoms with van der Waals surface area (Å²) in [6.45, 7) is 5.10. The number of nitrogens with zero attached hydrogens (tertiary/aromatic N) is 4. The lowest BCUT2D eigenvalue weighted by Crippen LogP contribution is -2.19. The van der Waals surface area contributed by atoms with Crippen LogP contribution in [0.15, 0.2) is 55.0 Å². The Morgan fingerprint density at radius 3 is 2.42 bits per heavy atom. The zero-order valence-electron chi connectivity index (χ0n) is 17.3. The van der Waals surface area contributed by atoms with Crippen molar-refractivity contribution >= 4 is 28.3 Å². The molecule has 0 bridgehead atoms. The van der Waals surface area contributed by atoms with E-state index in [1.54, 1.807) is 50.6 Å². The molecule has 0 aliphatic heterocycles. The Morgan fingerprint density at radius 1 is 1.03 bits per heavy atom.